The van der Waals surface area contributed by atoms with Gasteiger partial charge in [-0.15, -0.1) is 10.2 Å². The fourth-order valence-corrected chi connectivity index (χ4v) is 3.03. The van der Waals surface area contributed by atoms with E-state index < -0.39 is 23.5 Å². The van der Waals surface area contributed by atoms with Gasteiger partial charge in [0.1, 0.15) is 11.8 Å². The van der Waals surface area contributed by atoms with E-state index >= 15 is 0 Å². The molecule has 12 heteroatoms. The predicted molar refractivity (Wildman–Crippen MR) is 83.3 cm³/mol. The molecule has 4 rings (SSSR count). The standard InChI is InChI=1S/C15H12F6N6/c16-9-5-8(14(17,18)15(19,20)21)6-10-11(9)24-12(13-25-23-7-27(10)13)26-3-1-22-2-4-26/h5-7,22H,1-4H2. The van der Waals surface area contributed by atoms with Gasteiger partial charge in [-0.2, -0.15) is 22.0 Å². The maximum Gasteiger partial charge on any atom is 0.458 e. The lowest BCUT2D eigenvalue weighted by atomic mass is 10.1. The number of halogens is 6. The first-order chi connectivity index (χ1) is 12.7. The summed E-state index contributed by atoms with van der Waals surface area (Å²) in [5.41, 5.74) is -1.96. The predicted octanol–water partition coefficient (Wildman–Crippen LogP) is 2.48. The minimum Gasteiger partial charge on any atom is -0.351 e. The minimum absolute atomic E-state index is 0.149. The van der Waals surface area contributed by atoms with Gasteiger partial charge in [-0.25, -0.2) is 9.37 Å². The number of rotatable bonds is 2. The summed E-state index contributed by atoms with van der Waals surface area (Å²) >= 11 is 0. The maximum atomic E-state index is 14.5. The van der Waals surface area contributed by atoms with Crippen LogP contribution in [0.25, 0.3) is 16.7 Å². The number of piperazine rings is 1. The van der Waals surface area contributed by atoms with Crippen molar-refractivity contribution >= 4 is 22.5 Å². The third kappa shape index (κ3) is 2.74. The molecule has 1 saturated heterocycles. The number of nitrogens with zero attached hydrogens (tertiary/aromatic N) is 5. The van der Waals surface area contributed by atoms with E-state index in [4.69, 9.17) is 0 Å². The lowest BCUT2D eigenvalue weighted by Gasteiger charge is -2.28. The monoisotopic (exact) mass is 390 g/mol. The van der Waals surface area contributed by atoms with Gasteiger partial charge in [0.25, 0.3) is 0 Å². The van der Waals surface area contributed by atoms with Crippen molar-refractivity contribution in [2.24, 2.45) is 0 Å². The van der Waals surface area contributed by atoms with E-state index in [1.807, 2.05) is 4.90 Å². The average Bonchev–Trinajstić information content (AvgIpc) is 3.11. The normalized spacial score (nSPS) is 16.4. The van der Waals surface area contributed by atoms with Crippen LogP contribution in [-0.2, 0) is 5.92 Å². The molecular weight excluding hydrogens is 378 g/mol. The van der Waals surface area contributed by atoms with Gasteiger partial charge < -0.3 is 10.2 Å². The van der Waals surface area contributed by atoms with Crippen LogP contribution in [0.4, 0.5) is 32.2 Å². The molecule has 0 amide bonds. The number of nitrogens with one attached hydrogen (secondary N) is 1. The summed E-state index contributed by atoms with van der Waals surface area (Å²) in [6.45, 7) is 2.40. The van der Waals surface area contributed by atoms with Crippen LogP contribution in [0.1, 0.15) is 5.56 Å². The van der Waals surface area contributed by atoms with Crippen molar-refractivity contribution < 1.29 is 26.3 Å². The number of aromatic nitrogens is 4. The fraction of sp³-hybridized carbons (Fsp3) is 0.400. The Morgan fingerprint density at radius 1 is 1.04 bits per heavy atom. The first-order valence-corrected chi connectivity index (χ1v) is 7.94. The van der Waals surface area contributed by atoms with Crippen molar-refractivity contribution in [1.82, 2.24) is 24.9 Å². The molecule has 3 aromatic rings. The van der Waals surface area contributed by atoms with Crippen molar-refractivity contribution in [1.29, 1.82) is 0 Å². The van der Waals surface area contributed by atoms with Gasteiger partial charge in [0, 0.05) is 31.7 Å². The first kappa shape index (κ1) is 17.8. The van der Waals surface area contributed by atoms with E-state index in [0.717, 1.165) is 6.33 Å². The third-order valence-corrected chi connectivity index (χ3v) is 4.40. The summed E-state index contributed by atoms with van der Waals surface area (Å²) in [6, 6.07) is 0.733. The Labute approximate surface area is 147 Å². The van der Waals surface area contributed by atoms with Crippen LogP contribution in [0.3, 0.4) is 0 Å². The molecule has 1 fully saturated rings. The van der Waals surface area contributed by atoms with Crippen LogP contribution in [0.5, 0.6) is 0 Å². The third-order valence-electron chi connectivity index (χ3n) is 4.40. The number of alkyl halides is 5. The van der Waals surface area contributed by atoms with E-state index in [9.17, 15) is 26.3 Å². The second-order valence-corrected chi connectivity index (χ2v) is 6.09. The molecule has 6 nitrogen and oxygen atoms in total. The molecule has 144 valence electrons. The maximum absolute atomic E-state index is 14.5. The van der Waals surface area contributed by atoms with Crippen LogP contribution in [0.2, 0.25) is 0 Å². The molecular formula is C15H12F6N6. The Morgan fingerprint density at radius 3 is 2.41 bits per heavy atom. The minimum atomic E-state index is -5.85. The molecule has 0 bridgehead atoms. The molecule has 0 aliphatic carbocycles. The van der Waals surface area contributed by atoms with E-state index in [0.29, 0.717) is 32.2 Å². The van der Waals surface area contributed by atoms with Crippen molar-refractivity contribution in [2.45, 2.75) is 12.1 Å². The molecule has 0 saturated carbocycles. The van der Waals surface area contributed by atoms with Crippen molar-refractivity contribution in [3.8, 4) is 0 Å². The van der Waals surface area contributed by atoms with Gasteiger partial charge in [0.2, 0.25) is 5.65 Å². The molecule has 1 N–H and O–H groups in total. The highest BCUT2D eigenvalue weighted by atomic mass is 19.4. The second-order valence-electron chi connectivity index (χ2n) is 6.09. The molecule has 1 aliphatic rings. The summed E-state index contributed by atoms with van der Waals surface area (Å²) in [7, 11) is 0. The van der Waals surface area contributed by atoms with Gasteiger partial charge in [-0.1, -0.05) is 0 Å². The van der Waals surface area contributed by atoms with Crippen LogP contribution >= 0.6 is 0 Å². The van der Waals surface area contributed by atoms with Gasteiger partial charge in [0.15, 0.2) is 11.6 Å². The molecule has 1 aliphatic heterocycles. The number of benzene rings is 1. The zero-order valence-corrected chi connectivity index (χ0v) is 13.6. The molecule has 1 aromatic carbocycles. The van der Waals surface area contributed by atoms with Gasteiger partial charge in [-0.3, -0.25) is 4.40 Å². The van der Waals surface area contributed by atoms with Gasteiger partial charge in [0.05, 0.1) is 5.52 Å². The van der Waals surface area contributed by atoms with E-state index in [1.165, 1.54) is 4.40 Å². The van der Waals surface area contributed by atoms with Gasteiger partial charge >= 0.3 is 12.1 Å². The van der Waals surface area contributed by atoms with Crippen LogP contribution in [0, 0.1) is 5.82 Å². The van der Waals surface area contributed by atoms with Crippen LogP contribution in [0.15, 0.2) is 18.5 Å². The molecule has 0 spiro atoms. The molecule has 27 heavy (non-hydrogen) atoms. The largest absolute Gasteiger partial charge is 0.458 e. The number of fused-ring (bicyclic) bond motifs is 3. The van der Waals surface area contributed by atoms with E-state index in [-0.39, 0.29) is 28.6 Å². The molecule has 0 unspecified atom stereocenters. The van der Waals surface area contributed by atoms with Gasteiger partial charge in [-0.05, 0) is 12.1 Å². The lowest BCUT2D eigenvalue weighted by molar-refractivity contribution is -0.289. The van der Waals surface area contributed by atoms with Crippen LogP contribution in [-0.4, -0.2) is 51.9 Å². The number of anilines is 1. The van der Waals surface area contributed by atoms with Crippen molar-refractivity contribution in [2.75, 3.05) is 31.1 Å². The van der Waals surface area contributed by atoms with Crippen molar-refractivity contribution in [3.63, 3.8) is 0 Å². The zero-order valence-electron chi connectivity index (χ0n) is 13.6. The highest BCUT2D eigenvalue weighted by molar-refractivity contribution is 5.84. The Bertz CT molecular complexity index is 1010. The highest BCUT2D eigenvalue weighted by Gasteiger charge is 2.59. The number of hydrogen-bond donors (Lipinski definition) is 1. The lowest BCUT2D eigenvalue weighted by Crippen LogP contribution is -2.44. The summed E-state index contributed by atoms with van der Waals surface area (Å²) in [5.74, 6) is -6.20. The zero-order chi connectivity index (χ0) is 19.4. The molecule has 0 radical (unpaired) electrons. The topological polar surface area (TPSA) is 58.4 Å². The average molecular weight is 390 g/mol. The number of hydrogen-bond acceptors (Lipinski definition) is 5. The summed E-state index contributed by atoms with van der Waals surface area (Å²) in [6.07, 6.45) is -4.73. The van der Waals surface area contributed by atoms with Crippen molar-refractivity contribution in [3.05, 3.63) is 29.8 Å². The van der Waals surface area contributed by atoms with E-state index in [1.54, 1.807) is 0 Å². The molecule has 2 aromatic heterocycles. The summed E-state index contributed by atoms with van der Waals surface area (Å²) in [4.78, 5) is 5.97. The van der Waals surface area contributed by atoms with E-state index in [2.05, 4.69) is 20.5 Å². The smallest absolute Gasteiger partial charge is 0.351 e. The summed E-state index contributed by atoms with van der Waals surface area (Å²) in [5, 5.41) is 10.7. The Balaban J connectivity index is 1.96. The second kappa shape index (κ2) is 5.94. The SMILES string of the molecule is Fc1cc(C(F)(F)C(F)(F)F)cc2c1nc(N1CCNCC1)c1nncn12. The Kier molecular flexibility index (Phi) is 3.91. The molecule has 0 atom stereocenters. The van der Waals surface area contributed by atoms with Crippen LogP contribution < -0.4 is 10.2 Å². The molecule has 3 heterocycles. The Morgan fingerprint density at radius 2 is 1.74 bits per heavy atom. The summed E-state index contributed by atoms with van der Waals surface area (Å²) < 4.78 is 81.1. The highest BCUT2D eigenvalue weighted by Crippen LogP contribution is 2.44. The first-order valence-electron chi connectivity index (χ1n) is 7.94. The fourth-order valence-electron chi connectivity index (χ4n) is 3.03. The quantitative estimate of drug-likeness (QED) is 0.682. The Hall–Kier alpha value is -2.63.